The third kappa shape index (κ3) is 13.4. The van der Waals surface area contributed by atoms with Crippen LogP contribution in [0.2, 0.25) is 0 Å². The van der Waals surface area contributed by atoms with Gasteiger partial charge in [-0.25, -0.2) is 0 Å². The molecule has 0 fully saturated rings. The Morgan fingerprint density at radius 3 is 2.48 bits per heavy atom. The summed E-state index contributed by atoms with van der Waals surface area (Å²) < 4.78 is 8.47. The number of thioether (sulfide) groups is 1. The van der Waals surface area contributed by atoms with Crippen LogP contribution in [0.15, 0.2) is 0 Å². The molecule has 0 amide bonds. The van der Waals surface area contributed by atoms with Gasteiger partial charge in [0.2, 0.25) is 0 Å². The van der Waals surface area contributed by atoms with Crippen molar-refractivity contribution in [3.05, 3.63) is 0 Å². The first-order valence-electron chi connectivity index (χ1n) is 7.70. The summed E-state index contributed by atoms with van der Waals surface area (Å²) in [5.41, 5.74) is 0. The summed E-state index contributed by atoms with van der Waals surface area (Å²) in [6.45, 7) is 4.24. The summed E-state index contributed by atoms with van der Waals surface area (Å²) in [6, 6.07) is -0.332. The summed E-state index contributed by atoms with van der Waals surface area (Å²) in [7, 11) is 0. The molecule has 0 saturated heterocycles. The molecule has 0 aliphatic rings. The molecule has 0 aliphatic heterocycles. The van der Waals surface area contributed by atoms with Gasteiger partial charge in [-0.1, -0.05) is 0 Å². The van der Waals surface area contributed by atoms with Crippen LogP contribution in [0.3, 0.4) is 0 Å². The van der Waals surface area contributed by atoms with Gasteiger partial charge in [-0.3, -0.25) is 0 Å². The van der Waals surface area contributed by atoms with Crippen molar-refractivity contribution in [3.63, 3.8) is 0 Å². The van der Waals surface area contributed by atoms with Crippen molar-refractivity contribution < 1.29 is 14.3 Å². The summed E-state index contributed by atoms with van der Waals surface area (Å²) >= 11 is 1.36. The molecule has 0 aliphatic carbocycles. The predicted octanol–water partition coefficient (Wildman–Crippen LogP) is 2.77. The summed E-state index contributed by atoms with van der Waals surface area (Å²) in [6.07, 6.45) is 9.79. The Morgan fingerprint density at radius 1 is 1.19 bits per heavy atom. The van der Waals surface area contributed by atoms with E-state index >= 15 is 0 Å². The molecule has 0 spiro atoms. The fourth-order valence-electron chi connectivity index (χ4n) is 1.77. The van der Waals surface area contributed by atoms with Crippen molar-refractivity contribution in [2.75, 3.05) is 18.6 Å². The molecule has 0 aromatic rings. The average Bonchev–Trinajstić information content (AvgIpc) is 2.46. The van der Waals surface area contributed by atoms with E-state index in [-0.39, 0.29) is 31.9 Å². The minimum absolute atomic E-state index is 0.0976. The Labute approximate surface area is 139 Å². The van der Waals surface area contributed by atoms with Gasteiger partial charge >= 0.3 is 140 Å². The van der Waals surface area contributed by atoms with Crippen LogP contribution in [-0.4, -0.2) is 50.5 Å². The van der Waals surface area contributed by atoms with Gasteiger partial charge in [0.15, 0.2) is 0 Å². The van der Waals surface area contributed by atoms with Crippen molar-refractivity contribution in [1.82, 2.24) is 4.33 Å². The zero-order valence-electron chi connectivity index (χ0n) is 13.5. The van der Waals surface area contributed by atoms with E-state index in [1.165, 1.54) is 25.7 Å². The number of esters is 1. The van der Waals surface area contributed by atoms with Crippen LogP contribution in [0.1, 0.15) is 58.8 Å². The van der Waals surface area contributed by atoms with Crippen molar-refractivity contribution in [2.24, 2.45) is 0 Å². The third-order valence-corrected chi connectivity index (χ3v) is 5.07. The third-order valence-electron chi connectivity index (χ3n) is 2.98. The fourth-order valence-corrected chi connectivity index (χ4v) is 3.34. The number of hydrogen-bond donors (Lipinski definition) is 1. The van der Waals surface area contributed by atoms with Gasteiger partial charge in [0.25, 0.3) is 0 Å². The van der Waals surface area contributed by atoms with Crippen LogP contribution in [0.5, 0.6) is 0 Å². The molecule has 21 heavy (non-hydrogen) atoms. The Morgan fingerprint density at radius 2 is 1.86 bits per heavy atom. The van der Waals surface area contributed by atoms with Crippen molar-refractivity contribution >= 4 is 37.6 Å². The van der Waals surface area contributed by atoms with E-state index < -0.39 is 0 Å². The van der Waals surface area contributed by atoms with E-state index in [0.29, 0.717) is 13.0 Å². The monoisotopic (exact) mass is 383 g/mol. The SMILES string of the molecule is CCCCCCCCOC(=O)C(CCSC)N[Se]C(C)=O. The van der Waals surface area contributed by atoms with Crippen LogP contribution in [-0.2, 0) is 14.3 Å². The van der Waals surface area contributed by atoms with Crippen LogP contribution in [0.4, 0.5) is 0 Å². The normalized spacial score (nSPS) is 12.1. The first-order valence-corrected chi connectivity index (χ1v) is 10.8. The number of carbonyl (C=O) groups excluding carboxylic acids is 2. The molecule has 0 heterocycles. The average molecular weight is 382 g/mol. The van der Waals surface area contributed by atoms with Crippen molar-refractivity contribution in [1.29, 1.82) is 0 Å². The van der Waals surface area contributed by atoms with E-state index in [9.17, 15) is 9.59 Å². The second-order valence-electron chi connectivity index (χ2n) is 4.98. The Balaban J connectivity index is 3.84. The molecule has 1 atom stereocenters. The van der Waals surface area contributed by atoms with Crippen LogP contribution in [0, 0.1) is 0 Å². The number of hydrogen-bond acceptors (Lipinski definition) is 5. The van der Waals surface area contributed by atoms with E-state index in [2.05, 4.69) is 11.3 Å². The summed E-state index contributed by atoms with van der Waals surface area (Å²) in [4.78, 5) is 23.0. The molecule has 4 nitrogen and oxygen atoms in total. The number of ether oxygens (including phenoxy) is 1. The minimum atomic E-state index is -0.332. The van der Waals surface area contributed by atoms with Gasteiger partial charge in [0, 0.05) is 0 Å². The Bertz CT molecular complexity index is 290. The fraction of sp³-hybridized carbons (Fsp3) is 0.867. The zero-order chi connectivity index (χ0) is 15.9. The van der Waals surface area contributed by atoms with E-state index in [1.54, 1.807) is 18.7 Å². The van der Waals surface area contributed by atoms with Gasteiger partial charge in [-0.15, -0.1) is 0 Å². The van der Waals surface area contributed by atoms with Gasteiger partial charge in [0.05, 0.1) is 0 Å². The van der Waals surface area contributed by atoms with E-state index in [0.717, 1.165) is 18.6 Å². The molecule has 0 aromatic carbocycles. The molecule has 0 saturated carbocycles. The molecule has 124 valence electrons. The van der Waals surface area contributed by atoms with Gasteiger partial charge in [-0.05, 0) is 0 Å². The van der Waals surface area contributed by atoms with Gasteiger partial charge in [0.1, 0.15) is 0 Å². The number of unbranched alkanes of at least 4 members (excludes halogenated alkanes) is 5. The molecule has 1 N–H and O–H groups in total. The standard InChI is InChI=1S/C15H29NO3SSe/c1-4-5-6-7-8-9-11-19-15(18)14(10-12-20-3)16-21-13(2)17/h14,16H,4-12H2,1-3H3. The quantitative estimate of drug-likeness (QED) is 0.284. The second-order valence-corrected chi connectivity index (χ2v) is 8.10. The number of nitrogens with one attached hydrogen (secondary N) is 1. The van der Waals surface area contributed by atoms with E-state index in [1.807, 2.05) is 6.26 Å². The molecule has 1 unspecified atom stereocenters. The second kappa shape index (κ2) is 14.9. The van der Waals surface area contributed by atoms with Gasteiger partial charge in [-0.2, -0.15) is 0 Å². The number of rotatable bonds is 14. The van der Waals surface area contributed by atoms with Gasteiger partial charge < -0.3 is 0 Å². The topological polar surface area (TPSA) is 55.4 Å². The Hall–Kier alpha value is -0.0305. The summed E-state index contributed by atoms with van der Waals surface area (Å²) in [5, 5.41) is 0. The molecule has 0 rings (SSSR count). The number of carbonyl (C=O) groups is 2. The summed E-state index contributed by atoms with van der Waals surface area (Å²) in [5.74, 6) is 0.679. The zero-order valence-corrected chi connectivity index (χ0v) is 16.0. The van der Waals surface area contributed by atoms with Crippen LogP contribution >= 0.6 is 11.8 Å². The maximum atomic E-state index is 12.0. The first kappa shape index (κ1) is 21.0. The molecule has 6 heteroatoms. The van der Waals surface area contributed by atoms with E-state index in [4.69, 9.17) is 4.74 Å². The van der Waals surface area contributed by atoms with Crippen molar-refractivity contribution in [2.45, 2.75) is 64.8 Å². The maximum absolute atomic E-state index is 12.0. The van der Waals surface area contributed by atoms with Crippen LogP contribution in [0.25, 0.3) is 0 Å². The molecule has 0 bridgehead atoms. The molecular formula is C15H29NO3SSe. The molecular weight excluding hydrogens is 353 g/mol. The molecule has 0 radical (unpaired) electrons. The predicted molar refractivity (Wildman–Crippen MR) is 90.7 cm³/mol. The van der Waals surface area contributed by atoms with Crippen molar-refractivity contribution in [3.8, 4) is 0 Å². The Kier molecular flexibility index (Phi) is 14.9. The molecule has 0 aromatic heterocycles. The first-order chi connectivity index (χ1) is 10.1. The van der Waals surface area contributed by atoms with Crippen LogP contribution < -0.4 is 4.33 Å².